The molecule has 15 heavy (non-hydrogen) atoms. The zero-order chi connectivity index (χ0) is 10.7. The van der Waals surface area contributed by atoms with Gasteiger partial charge < -0.3 is 9.64 Å². The van der Waals surface area contributed by atoms with E-state index in [-0.39, 0.29) is 0 Å². The minimum atomic E-state index is 0.341. The van der Waals surface area contributed by atoms with E-state index in [4.69, 9.17) is 4.74 Å². The van der Waals surface area contributed by atoms with Crippen LogP contribution in [0, 0.1) is 3.57 Å². The lowest BCUT2D eigenvalue weighted by atomic mass is 10.1. The first kappa shape index (κ1) is 11.1. The van der Waals surface area contributed by atoms with Crippen molar-refractivity contribution in [3.63, 3.8) is 0 Å². The molecule has 0 unspecified atom stereocenters. The number of hydrogen-bond donors (Lipinski definition) is 0. The highest BCUT2D eigenvalue weighted by molar-refractivity contribution is 14.1. The smallest absolute Gasteiger partial charge is 0.213 e. The molecule has 0 spiro atoms. The van der Waals surface area contributed by atoms with Gasteiger partial charge in [-0.3, -0.25) is 0 Å². The highest BCUT2D eigenvalue weighted by Crippen LogP contribution is 2.16. The molecule has 1 aromatic rings. The molecule has 1 saturated heterocycles. The van der Waals surface area contributed by atoms with Crippen LogP contribution in [0.4, 0.5) is 0 Å². The zero-order valence-corrected chi connectivity index (χ0v) is 11.0. The molecule has 82 valence electrons. The summed E-state index contributed by atoms with van der Waals surface area (Å²) >= 11 is 2.25. The van der Waals surface area contributed by atoms with Crippen LogP contribution in [0.2, 0.25) is 0 Å². The molecule has 0 saturated carbocycles. The molecule has 3 nitrogen and oxygen atoms in total. The first-order chi connectivity index (χ1) is 7.24. The van der Waals surface area contributed by atoms with Crippen molar-refractivity contribution >= 4 is 22.6 Å². The molecular formula is C11H15IN2O. The van der Waals surface area contributed by atoms with E-state index >= 15 is 0 Å². The number of rotatable bonds is 2. The van der Waals surface area contributed by atoms with Crippen molar-refractivity contribution in [2.45, 2.75) is 18.9 Å². The minimum Gasteiger partial charge on any atom is -0.474 e. The maximum atomic E-state index is 5.82. The average molecular weight is 318 g/mol. The Morgan fingerprint density at radius 2 is 2.13 bits per heavy atom. The predicted octanol–water partition coefficient (Wildman–Crippen LogP) is 2.16. The van der Waals surface area contributed by atoms with Gasteiger partial charge in [-0.25, -0.2) is 4.98 Å². The number of likely N-dealkylation sites (tertiary alicyclic amines) is 1. The molecule has 1 aliphatic heterocycles. The van der Waals surface area contributed by atoms with Crippen LogP contribution in [0.15, 0.2) is 18.3 Å². The standard InChI is InChI=1S/C11H15IN2O/c1-14-6-4-10(5-7-14)15-11-3-2-9(12)8-13-11/h2-3,8,10H,4-7H2,1H3. The van der Waals surface area contributed by atoms with E-state index in [1.807, 2.05) is 18.3 Å². The SMILES string of the molecule is CN1CCC(Oc2ccc(I)cn2)CC1. The lowest BCUT2D eigenvalue weighted by molar-refractivity contribution is 0.110. The fourth-order valence-corrected chi connectivity index (χ4v) is 2.02. The van der Waals surface area contributed by atoms with E-state index < -0.39 is 0 Å². The first-order valence-corrected chi connectivity index (χ1v) is 6.28. The number of nitrogens with zero attached hydrogens (tertiary/aromatic N) is 2. The van der Waals surface area contributed by atoms with Crippen molar-refractivity contribution in [2.75, 3.05) is 20.1 Å². The van der Waals surface area contributed by atoms with Gasteiger partial charge in [0.15, 0.2) is 0 Å². The summed E-state index contributed by atoms with van der Waals surface area (Å²) in [5, 5.41) is 0. The van der Waals surface area contributed by atoms with Gasteiger partial charge in [-0.05, 0) is 48.5 Å². The van der Waals surface area contributed by atoms with Gasteiger partial charge in [0.05, 0.1) is 0 Å². The second-order valence-corrected chi connectivity index (χ2v) is 5.18. The van der Waals surface area contributed by atoms with Crippen LogP contribution in [-0.4, -0.2) is 36.1 Å². The molecule has 2 rings (SSSR count). The summed E-state index contributed by atoms with van der Waals surface area (Å²) in [6, 6.07) is 3.97. The monoisotopic (exact) mass is 318 g/mol. The van der Waals surface area contributed by atoms with Crippen molar-refractivity contribution in [2.24, 2.45) is 0 Å². The van der Waals surface area contributed by atoms with E-state index in [0.29, 0.717) is 6.10 Å². The van der Waals surface area contributed by atoms with Crippen molar-refractivity contribution < 1.29 is 4.74 Å². The molecule has 0 bridgehead atoms. The Balaban J connectivity index is 1.89. The molecule has 0 atom stereocenters. The summed E-state index contributed by atoms with van der Waals surface area (Å²) in [5.41, 5.74) is 0. The number of aromatic nitrogens is 1. The van der Waals surface area contributed by atoms with Gasteiger partial charge in [0.25, 0.3) is 0 Å². The van der Waals surface area contributed by atoms with Gasteiger partial charge in [-0.1, -0.05) is 0 Å². The summed E-state index contributed by atoms with van der Waals surface area (Å²) < 4.78 is 6.96. The molecule has 4 heteroatoms. The molecule has 2 heterocycles. The second-order valence-electron chi connectivity index (χ2n) is 3.94. The fraction of sp³-hybridized carbons (Fsp3) is 0.545. The Morgan fingerprint density at radius 1 is 1.40 bits per heavy atom. The molecule has 0 N–H and O–H groups in total. The Hall–Kier alpha value is -0.360. The highest BCUT2D eigenvalue weighted by Gasteiger charge is 2.18. The van der Waals surface area contributed by atoms with E-state index in [2.05, 4.69) is 39.5 Å². The van der Waals surface area contributed by atoms with Crippen LogP contribution in [-0.2, 0) is 0 Å². The Morgan fingerprint density at radius 3 is 2.73 bits per heavy atom. The topological polar surface area (TPSA) is 25.4 Å². The maximum absolute atomic E-state index is 5.82. The van der Waals surface area contributed by atoms with Crippen LogP contribution in [0.5, 0.6) is 5.88 Å². The lowest BCUT2D eigenvalue weighted by Crippen LogP contribution is -2.35. The van der Waals surface area contributed by atoms with E-state index in [1.54, 1.807) is 0 Å². The van der Waals surface area contributed by atoms with Crippen molar-refractivity contribution in [3.05, 3.63) is 21.9 Å². The molecule has 0 aliphatic carbocycles. The number of ether oxygens (including phenoxy) is 1. The molecular weight excluding hydrogens is 303 g/mol. The molecule has 1 aromatic heterocycles. The largest absolute Gasteiger partial charge is 0.474 e. The molecule has 0 aromatic carbocycles. The summed E-state index contributed by atoms with van der Waals surface area (Å²) in [7, 11) is 2.15. The number of piperidine rings is 1. The third-order valence-electron chi connectivity index (χ3n) is 2.65. The fourth-order valence-electron chi connectivity index (χ4n) is 1.71. The Kier molecular flexibility index (Phi) is 3.80. The van der Waals surface area contributed by atoms with E-state index in [9.17, 15) is 0 Å². The molecule has 0 amide bonds. The Labute approximate surface area is 104 Å². The maximum Gasteiger partial charge on any atom is 0.213 e. The van der Waals surface area contributed by atoms with Crippen LogP contribution < -0.4 is 4.74 Å². The lowest BCUT2D eigenvalue weighted by Gasteiger charge is -2.28. The highest BCUT2D eigenvalue weighted by atomic mass is 127. The number of pyridine rings is 1. The number of hydrogen-bond acceptors (Lipinski definition) is 3. The van der Waals surface area contributed by atoms with E-state index in [1.165, 1.54) is 0 Å². The van der Waals surface area contributed by atoms with Gasteiger partial charge in [0, 0.05) is 28.9 Å². The molecule has 1 fully saturated rings. The second kappa shape index (κ2) is 5.12. The average Bonchev–Trinajstić information content (AvgIpc) is 2.25. The third kappa shape index (κ3) is 3.31. The summed E-state index contributed by atoms with van der Waals surface area (Å²) in [6.45, 7) is 2.24. The van der Waals surface area contributed by atoms with Crippen LogP contribution >= 0.6 is 22.6 Å². The van der Waals surface area contributed by atoms with Crippen LogP contribution in [0.1, 0.15) is 12.8 Å². The quantitative estimate of drug-likeness (QED) is 0.782. The third-order valence-corrected chi connectivity index (χ3v) is 3.29. The molecule has 1 aliphatic rings. The summed E-state index contributed by atoms with van der Waals surface area (Å²) in [4.78, 5) is 6.58. The Bertz CT molecular complexity index is 307. The number of halogens is 1. The van der Waals surface area contributed by atoms with Gasteiger partial charge in [0.2, 0.25) is 5.88 Å². The molecule has 0 radical (unpaired) electrons. The van der Waals surface area contributed by atoms with Crippen molar-refractivity contribution in [1.82, 2.24) is 9.88 Å². The van der Waals surface area contributed by atoms with Gasteiger partial charge in [0.1, 0.15) is 6.10 Å². The normalized spacial score (nSPS) is 19.1. The van der Waals surface area contributed by atoms with Crippen molar-refractivity contribution in [3.8, 4) is 5.88 Å². The summed E-state index contributed by atoms with van der Waals surface area (Å²) in [5.74, 6) is 0.755. The van der Waals surface area contributed by atoms with Gasteiger partial charge >= 0.3 is 0 Å². The van der Waals surface area contributed by atoms with Gasteiger partial charge in [-0.2, -0.15) is 0 Å². The zero-order valence-electron chi connectivity index (χ0n) is 8.82. The minimum absolute atomic E-state index is 0.341. The van der Waals surface area contributed by atoms with Crippen LogP contribution in [0.3, 0.4) is 0 Å². The summed E-state index contributed by atoms with van der Waals surface area (Å²) in [6.07, 6.45) is 4.38. The van der Waals surface area contributed by atoms with Crippen molar-refractivity contribution in [1.29, 1.82) is 0 Å². The predicted molar refractivity (Wildman–Crippen MR) is 68.1 cm³/mol. The van der Waals surface area contributed by atoms with Crippen LogP contribution in [0.25, 0.3) is 0 Å². The van der Waals surface area contributed by atoms with E-state index in [0.717, 1.165) is 35.4 Å². The van der Waals surface area contributed by atoms with Gasteiger partial charge in [-0.15, -0.1) is 0 Å². The first-order valence-electron chi connectivity index (χ1n) is 5.21.